The Morgan fingerprint density at radius 3 is 2.69 bits per heavy atom. The van der Waals surface area contributed by atoms with Crippen molar-refractivity contribution in [3.63, 3.8) is 0 Å². The molecular weight excluding hydrogens is 320 g/mol. The number of rotatable bonds is 6. The molecule has 0 unspecified atom stereocenters. The molecule has 0 aliphatic rings. The number of unbranched alkanes of at least 4 members (excludes halogenated alkanes) is 2. The molecule has 4 nitrogen and oxygen atoms in total. The third-order valence-corrected chi connectivity index (χ3v) is 4.75. The van der Waals surface area contributed by atoms with Crippen molar-refractivity contribution < 1.29 is 0 Å². The number of aromatic nitrogens is 4. The first-order valence-corrected chi connectivity index (χ1v) is 9.20. The number of benzene rings is 1. The largest absolute Gasteiger partial charge is 0.276 e. The number of H-pyrrole nitrogens is 1. The number of nitrogens with one attached hydrogen (secondary N) is 1. The fraction of sp³-hybridized carbons (Fsp3) is 0.227. The highest BCUT2D eigenvalue weighted by Crippen LogP contribution is 2.34. The summed E-state index contributed by atoms with van der Waals surface area (Å²) >= 11 is 0. The molecule has 4 aromatic rings. The number of pyridine rings is 2. The lowest BCUT2D eigenvalue weighted by molar-refractivity contribution is 0.719. The number of nitrogens with zero attached hydrogens (tertiary/aromatic N) is 3. The van der Waals surface area contributed by atoms with E-state index in [2.05, 4.69) is 51.4 Å². The van der Waals surface area contributed by atoms with Gasteiger partial charge in [-0.15, -0.1) is 0 Å². The molecule has 0 aliphatic carbocycles. The van der Waals surface area contributed by atoms with Crippen LogP contribution in [0.2, 0.25) is 0 Å². The second kappa shape index (κ2) is 7.48. The molecule has 26 heavy (non-hydrogen) atoms. The summed E-state index contributed by atoms with van der Waals surface area (Å²) < 4.78 is 0. The Morgan fingerprint density at radius 2 is 1.85 bits per heavy atom. The Morgan fingerprint density at radius 1 is 0.885 bits per heavy atom. The summed E-state index contributed by atoms with van der Waals surface area (Å²) in [5, 5.41) is 8.55. The molecular formula is C22H22N4. The van der Waals surface area contributed by atoms with Crippen molar-refractivity contribution in [2.45, 2.75) is 32.6 Å². The van der Waals surface area contributed by atoms with E-state index in [-0.39, 0.29) is 0 Å². The smallest absolute Gasteiger partial charge is 0.0913 e. The maximum Gasteiger partial charge on any atom is 0.0913 e. The number of para-hydroxylation sites is 1. The van der Waals surface area contributed by atoms with Gasteiger partial charge in [0.2, 0.25) is 0 Å². The maximum absolute atomic E-state index is 4.69. The van der Waals surface area contributed by atoms with Crippen molar-refractivity contribution in [3.8, 4) is 22.5 Å². The lowest BCUT2D eigenvalue weighted by Crippen LogP contribution is -1.93. The van der Waals surface area contributed by atoms with Gasteiger partial charge in [0.25, 0.3) is 0 Å². The lowest BCUT2D eigenvalue weighted by Gasteiger charge is -2.10. The molecule has 0 saturated heterocycles. The number of aryl methyl sites for hydroxylation is 1. The predicted octanol–water partition coefficient (Wildman–Crippen LogP) is 5.42. The summed E-state index contributed by atoms with van der Waals surface area (Å²) in [6.07, 6.45) is 10.3. The normalized spacial score (nSPS) is 11.1. The monoisotopic (exact) mass is 342 g/mol. The molecule has 0 bridgehead atoms. The summed E-state index contributed by atoms with van der Waals surface area (Å²) in [7, 11) is 0. The van der Waals surface area contributed by atoms with Crippen LogP contribution < -0.4 is 0 Å². The van der Waals surface area contributed by atoms with Crippen LogP contribution in [0.15, 0.2) is 61.1 Å². The SMILES string of the molecule is CCCCCc1cccc2c(-c3cn[nH]c3-c3ccccn3)ccnc12. The van der Waals surface area contributed by atoms with E-state index in [0.717, 1.165) is 34.5 Å². The van der Waals surface area contributed by atoms with Gasteiger partial charge in [-0.05, 0) is 42.2 Å². The topological polar surface area (TPSA) is 54.5 Å². The third-order valence-electron chi connectivity index (χ3n) is 4.75. The molecule has 3 heterocycles. The molecule has 0 radical (unpaired) electrons. The van der Waals surface area contributed by atoms with Crippen molar-refractivity contribution in [1.29, 1.82) is 0 Å². The predicted molar refractivity (Wildman–Crippen MR) is 106 cm³/mol. The zero-order valence-corrected chi connectivity index (χ0v) is 14.9. The molecule has 0 aliphatic heterocycles. The van der Waals surface area contributed by atoms with Crippen molar-refractivity contribution in [2.24, 2.45) is 0 Å². The van der Waals surface area contributed by atoms with Gasteiger partial charge in [-0.3, -0.25) is 15.1 Å². The Kier molecular flexibility index (Phi) is 4.73. The standard InChI is InChI=1S/C22H22N4/c1-2-3-4-8-16-9-7-10-18-17(12-14-24-21(16)18)19-15-25-26-22(19)20-11-5-6-13-23-20/h5-7,9-15H,2-4,8H2,1H3,(H,25,26). The van der Waals surface area contributed by atoms with Crippen LogP contribution in [0.1, 0.15) is 31.7 Å². The number of aromatic amines is 1. The zero-order chi connectivity index (χ0) is 17.8. The Hall–Kier alpha value is -3.01. The first kappa shape index (κ1) is 16.5. The Bertz CT molecular complexity index is 1010. The van der Waals surface area contributed by atoms with Gasteiger partial charge in [0.15, 0.2) is 0 Å². The Balaban J connectivity index is 1.82. The van der Waals surface area contributed by atoms with Crippen molar-refractivity contribution in [3.05, 3.63) is 66.6 Å². The molecule has 0 atom stereocenters. The average molecular weight is 342 g/mol. The maximum atomic E-state index is 4.69. The summed E-state index contributed by atoms with van der Waals surface area (Å²) in [5.41, 5.74) is 6.44. The van der Waals surface area contributed by atoms with Crippen LogP contribution in [0.4, 0.5) is 0 Å². The first-order valence-electron chi connectivity index (χ1n) is 9.20. The van der Waals surface area contributed by atoms with Gasteiger partial charge in [0.05, 0.1) is 23.1 Å². The second-order valence-corrected chi connectivity index (χ2v) is 6.50. The summed E-state index contributed by atoms with van der Waals surface area (Å²) in [6.45, 7) is 2.23. The second-order valence-electron chi connectivity index (χ2n) is 6.50. The molecule has 0 fully saturated rings. The van der Waals surface area contributed by atoms with Crippen molar-refractivity contribution >= 4 is 10.9 Å². The van der Waals surface area contributed by atoms with E-state index in [9.17, 15) is 0 Å². The van der Waals surface area contributed by atoms with Crippen LogP contribution >= 0.6 is 0 Å². The van der Waals surface area contributed by atoms with E-state index in [1.807, 2.05) is 30.6 Å². The van der Waals surface area contributed by atoms with Gasteiger partial charge in [0.1, 0.15) is 0 Å². The number of hydrogen-bond donors (Lipinski definition) is 1. The molecule has 130 valence electrons. The average Bonchev–Trinajstić information content (AvgIpc) is 3.18. The van der Waals surface area contributed by atoms with Gasteiger partial charge in [0, 0.05) is 23.3 Å². The van der Waals surface area contributed by atoms with Crippen LogP contribution in [0, 0.1) is 0 Å². The minimum atomic E-state index is 0.893. The lowest BCUT2D eigenvalue weighted by atomic mass is 9.97. The molecule has 4 rings (SSSR count). The van der Waals surface area contributed by atoms with E-state index < -0.39 is 0 Å². The third kappa shape index (κ3) is 3.10. The molecule has 1 aromatic carbocycles. The van der Waals surface area contributed by atoms with Gasteiger partial charge in [-0.1, -0.05) is 44.0 Å². The van der Waals surface area contributed by atoms with E-state index in [4.69, 9.17) is 0 Å². The van der Waals surface area contributed by atoms with Gasteiger partial charge >= 0.3 is 0 Å². The van der Waals surface area contributed by atoms with Gasteiger partial charge in [-0.25, -0.2) is 0 Å². The van der Waals surface area contributed by atoms with Crippen LogP contribution in [-0.2, 0) is 6.42 Å². The zero-order valence-electron chi connectivity index (χ0n) is 14.9. The highest BCUT2D eigenvalue weighted by atomic mass is 15.1. The molecule has 3 aromatic heterocycles. The first-order chi connectivity index (χ1) is 12.9. The van der Waals surface area contributed by atoms with Crippen molar-refractivity contribution in [1.82, 2.24) is 20.2 Å². The molecule has 0 saturated carbocycles. The highest BCUT2D eigenvalue weighted by molar-refractivity contribution is 5.98. The number of hydrogen-bond acceptors (Lipinski definition) is 3. The van der Waals surface area contributed by atoms with Gasteiger partial charge < -0.3 is 0 Å². The van der Waals surface area contributed by atoms with Crippen LogP contribution in [-0.4, -0.2) is 20.2 Å². The van der Waals surface area contributed by atoms with Crippen LogP contribution in [0.5, 0.6) is 0 Å². The fourth-order valence-electron chi connectivity index (χ4n) is 3.44. The van der Waals surface area contributed by atoms with E-state index in [0.29, 0.717) is 0 Å². The highest BCUT2D eigenvalue weighted by Gasteiger charge is 2.14. The fourth-order valence-corrected chi connectivity index (χ4v) is 3.44. The molecule has 0 amide bonds. The van der Waals surface area contributed by atoms with E-state index >= 15 is 0 Å². The Labute approximate surface area is 153 Å². The quantitative estimate of drug-likeness (QED) is 0.476. The van der Waals surface area contributed by atoms with Crippen molar-refractivity contribution in [2.75, 3.05) is 0 Å². The van der Waals surface area contributed by atoms with Gasteiger partial charge in [-0.2, -0.15) is 5.10 Å². The minimum absolute atomic E-state index is 0.893. The van der Waals surface area contributed by atoms with Crippen LogP contribution in [0.25, 0.3) is 33.4 Å². The van der Waals surface area contributed by atoms with E-state index in [1.165, 1.54) is 30.2 Å². The summed E-state index contributed by atoms with van der Waals surface area (Å²) in [6, 6.07) is 14.5. The molecule has 4 heteroatoms. The minimum Gasteiger partial charge on any atom is -0.276 e. The van der Waals surface area contributed by atoms with Crippen LogP contribution in [0.3, 0.4) is 0 Å². The number of fused-ring (bicyclic) bond motifs is 1. The summed E-state index contributed by atoms with van der Waals surface area (Å²) in [4.78, 5) is 9.15. The molecule has 0 spiro atoms. The molecule has 1 N–H and O–H groups in total. The van der Waals surface area contributed by atoms with E-state index in [1.54, 1.807) is 6.20 Å². The summed E-state index contributed by atoms with van der Waals surface area (Å²) in [5.74, 6) is 0.